The van der Waals surface area contributed by atoms with Gasteiger partial charge in [0.2, 0.25) is 0 Å². The standard InChI is InChI=1S/C27H39N2/c1-18(2)22-11-9-12-23(19(3)4)26(22)28-15-16-29(17-28)27-24(20(5)6)13-10-14-25(27)21(7)8/h9-14,17-21H,15-16H2,1-8H3. The Morgan fingerprint density at radius 3 is 1.03 bits per heavy atom. The van der Waals surface area contributed by atoms with Crippen molar-refractivity contribution in [1.82, 2.24) is 0 Å². The highest BCUT2D eigenvalue weighted by Crippen LogP contribution is 2.41. The predicted molar refractivity (Wildman–Crippen MR) is 128 cm³/mol. The van der Waals surface area contributed by atoms with E-state index in [9.17, 15) is 0 Å². The van der Waals surface area contributed by atoms with Gasteiger partial charge in [-0.05, 0) is 45.9 Å². The van der Waals surface area contributed by atoms with Crippen molar-refractivity contribution in [2.75, 3.05) is 22.9 Å². The molecular weight excluding hydrogens is 352 g/mol. The number of benzene rings is 2. The van der Waals surface area contributed by atoms with Crippen LogP contribution in [0.25, 0.3) is 0 Å². The summed E-state index contributed by atoms with van der Waals surface area (Å²) in [7, 11) is 0. The van der Waals surface area contributed by atoms with Gasteiger partial charge in [0.1, 0.15) is 6.67 Å². The first-order valence-corrected chi connectivity index (χ1v) is 11.4. The van der Waals surface area contributed by atoms with Gasteiger partial charge in [-0.15, -0.1) is 0 Å². The molecule has 29 heavy (non-hydrogen) atoms. The molecule has 0 unspecified atom stereocenters. The molecule has 2 aromatic carbocycles. The lowest BCUT2D eigenvalue weighted by Gasteiger charge is -2.30. The van der Waals surface area contributed by atoms with E-state index in [1.54, 1.807) is 0 Å². The molecule has 1 fully saturated rings. The molecule has 1 radical (unpaired) electrons. The summed E-state index contributed by atoms with van der Waals surface area (Å²) in [5, 5.41) is 0. The average Bonchev–Trinajstić information content (AvgIpc) is 3.15. The Kier molecular flexibility index (Phi) is 6.61. The molecule has 0 saturated carbocycles. The fourth-order valence-corrected chi connectivity index (χ4v) is 4.53. The summed E-state index contributed by atoms with van der Waals surface area (Å²) in [6.07, 6.45) is 0. The Morgan fingerprint density at radius 1 is 0.517 bits per heavy atom. The summed E-state index contributed by atoms with van der Waals surface area (Å²) in [6, 6.07) is 13.7. The molecule has 3 rings (SSSR count). The summed E-state index contributed by atoms with van der Waals surface area (Å²) in [5.74, 6) is 2.06. The molecule has 2 aromatic rings. The number of rotatable bonds is 6. The van der Waals surface area contributed by atoms with E-state index in [-0.39, 0.29) is 0 Å². The summed E-state index contributed by atoms with van der Waals surface area (Å²) < 4.78 is 0. The normalized spacial score (nSPS) is 14.9. The molecule has 2 heteroatoms. The highest BCUT2D eigenvalue weighted by Gasteiger charge is 2.29. The molecule has 1 saturated heterocycles. The van der Waals surface area contributed by atoms with Crippen molar-refractivity contribution in [3.63, 3.8) is 0 Å². The number of hydrogen-bond donors (Lipinski definition) is 0. The van der Waals surface area contributed by atoms with Gasteiger partial charge in [0.15, 0.2) is 0 Å². The minimum absolute atomic E-state index is 0.514. The van der Waals surface area contributed by atoms with Crippen molar-refractivity contribution < 1.29 is 0 Å². The van der Waals surface area contributed by atoms with Crippen LogP contribution in [0, 0.1) is 6.67 Å². The van der Waals surface area contributed by atoms with Gasteiger partial charge in [-0.3, -0.25) is 0 Å². The highest BCUT2D eigenvalue weighted by molar-refractivity contribution is 5.70. The summed E-state index contributed by atoms with van der Waals surface area (Å²) in [6.45, 7) is 22.9. The van der Waals surface area contributed by atoms with Crippen LogP contribution >= 0.6 is 0 Å². The van der Waals surface area contributed by atoms with E-state index in [1.165, 1.54) is 33.6 Å². The molecule has 0 aliphatic carbocycles. The number of nitrogens with zero attached hydrogens (tertiary/aromatic N) is 2. The molecular formula is C27H39N2. The lowest BCUT2D eigenvalue weighted by molar-refractivity contribution is 0.816. The zero-order valence-corrected chi connectivity index (χ0v) is 19.7. The van der Waals surface area contributed by atoms with E-state index in [0.29, 0.717) is 23.7 Å². The molecule has 0 aromatic heterocycles. The maximum atomic E-state index is 2.51. The zero-order valence-electron chi connectivity index (χ0n) is 19.7. The first-order valence-electron chi connectivity index (χ1n) is 11.4. The lowest BCUT2D eigenvalue weighted by Crippen LogP contribution is -2.23. The summed E-state index contributed by atoms with van der Waals surface area (Å²) in [5.41, 5.74) is 8.67. The van der Waals surface area contributed by atoms with Crippen LogP contribution in [0.4, 0.5) is 11.4 Å². The van der Waals surface area contributed by atoms with Crippen molar-refractivity contribution in [3.8, 4) is 0 Å². The molecule has 0 N–H and O–H groups in total. The maximum absolute atomic E-state index is 2.51. The molecule has 1 aliphatic heterocycles. The largest absolute Gasteiger partial charge is 0.346 e. The molecule has 1 heterocycles. The van der Waals surface area contributed by atoms with Crippen LogP contribution in [-0.4, -0.2) is 13.1 Å². The van der Waals surface area contributed by atoms with Crippen molar-refractivity contribution >= 4 is 11.4 Å². The Morgan fingerprint density at radius 2 is 0.793 bits per heavy atom. The van der Waals surface area contributed by atoms with Crippen LogP contribution in [0.1, 0.15) is 101 Å². The van der Waals surface area contributed by atoms with E-state index < -0.39 is 0 Å². The maximum Gasteiger partial charge on any atom is 0.142 e. The second-order valence-electron chi connectivity index (χ2n) is 9.69. The lowest BCUT2D eigenvalue weighted by atomic mass is 9.92. The Hall–Kier alpha value is -1.96. The van der Waals surface area contributed by atoms with Crippen LogP contribution in [0.15, 0.2) is 36.4 Å². The van der Waals surface area contributed by atoms with Gasteiger partial charge in [-0.25, -0.2) is 0 Å². The first-order chi connectivity index (χ1) is 13.7. The first kappa shape index (κ1) is 21.7. The fraction of sp³-hybridized carbons (Fsp3) is 0.519. The van der Waals surface area contributed by atoms with Crippen LogP contribution in [0.5, 0.6) is 0 Å². The van der Waals surface area contributed by atoms with Crippen LogP contribution in [0.2, 0.25) is 0 Å². The highest BCUT2D eigenvalue weighted by atomic mass is 15.4. The Labute approximate surface area is 178 Å². The minimum Gasteiger partial charge on any atom is -0.346 e. The monoisotopic (exact) mass is 391 g/mol. The number of anilines is 2. The van der Waals surface area contributed by atoms with Gasteiger partial charge in [-0.2, -0.15) is 0 Å². The quantitative estimate of drug-likeness (QED) is 0.499. The molecule has 0 amide bonds. The minimum atomic E-state index is 0.514. The van der Waals surface area contributed by atoms with Gasteiger partial charge in [-0.1, -0.05) is 91.8 Å². The predicted octanol–water partition coefficient (Wildman–Crippen LogP) is 7.63. The molecule has 0 bridgehead atoms. The van der Waals surface area contributed by atoms with Crippen molar-refractivity contribution in [1.29, 1.82) is 0 Å². The Bertz CT molecular complexity index is 710. The second-order valence-corrected chi connectivity index (χ2v) is 9.69. The third-order valence-corrected chi connectivity index (χ3v) is 6.12. The average molecular weight is 392 g/mol. The molecule has 1 aliphatic rings. The van der Waals surface area contributed by atoms with E-state index >= 15 is 0 Å². The van der Waals surface area contributed by atoms with Gasteiger partial charge < -0.3 is 9.80 Å². The molecule has 0 atom stereocenters. The smallest absolute Gasteiger partial charge is 0.142 e. The molecule has 2 nitrogen and oxygen atoms in total. The number of hydrogen-bond acceptors (Lipinski definition) is 2. The van der Waals surface area contributed by atoms with Gasteiger partial charge in [0.05, 0.1) is 0 Å². The fourth-order valence-electron chi connectivity index (χ4n) is 4.53. The van der Waals surface area contributed by atoms with Crippen LogP contribution in [0.3, 0.4) is 0 Å². The second kappa shape index (κ2) is 8.81. The SMILES string of the molecule is CC(C)c1cccc(C(C)C)c1N1[CH]N(c2c(C(C)C)cccc2C(C)C)CC1. The van der Waals surface area contributed by atoms with E-state index in [4.69, 9.17) is 0 Å². The topological polar surface area (TPSA) is 6.48 Å². The zero-order chi connectivity index (χ0) is 21.3. The van der Waals surface area contributed by atoms with Gasteiger partial charge in [0, 0.05) is 24.5 Å². The third kappa shape index (κ3) is 4.32. The molecule has 157 valence electrons. The van der Waals surface area contributed by atoms with Gasteiger partial charge >= 0.3 is 0 Å². The molecule has 0 spiro atoms. The van der Waals surface area contributed by atoms with Crippen LogP contribution < -0.4 is 9.80 Å². The Balaban J connectivity index is 2.03. The summed E-state index contributed by atoms with van der Waals surface area (Å²) >= 11 is 0. The summed E-state index contributed by atoms with van der Waals surface area (Å²) in [4.78, 5) is 5.01. The van der Waals surface area contributed by atoms with E-state index in [0.717, 1.165) is 13.1 Å². The van der Waals surface area contributed by atoms with Crippen molar-refractivity contribution in [3.05, 3.63) is 65.3 Å². The van der Waals surface area contributed by atoms with E-state index in [2.05, 4.69) is 108 Å². The number of para-hydroxylation sites is 2. The van der Waals surface area contributed by atoms with Crippen molar-refractivity contribution in [2.24, 2.45) is 0 Å². The third-order valence-electron chi connectivity index (χ3n) is 6.12. The van der Waals surface area contributed by atoms with E-state index in [1.807, 2.05) is 0 Å². The van der Waals surface area contributed by atoms with Crippen molar-refractivity contribution in [2.45, 2.75) is 79.1 Å². The van der Waals surface area contributed by atoms with Crippen LogP contribution in [-0.2, 0) is 0 Å². The van der Waals surface area contributed by atoms with Gasteiger partial charge in [0.25, 0.3) is 0 Å².